The molecule has 2 aliphatic rings. The number of rotatable bonds is 2. The van der Waals surface area contributed by atoms with E-state index in [1.165, 1.54) is 0 Å². The van der Waals surface area contributed by atoms with Gasteiger partial charge in [0.25, 0.3) is 0 Å². The van der Waals surface area contributed by atoms with Gasteiger partial charge in [-0.05, 0) is 25.7 Å². The fourth-order valence-electron chi connectivity index (χ4n) is 2.59. The van der Waals surface area contributed by atoms with Crippen LogP contribution in [-0.4, -0.2) is 39.9 Å². The summed E-state index contributed by atoms with van der Waals surface area (Å²) in [5, 5.41) is 18.8. The van der Waals surface area contributed by atoms with Crippen LogP contribution in [0.3, 0.4) is 0 Å². The second-order valence-electron chi connectivity index (χ2n) is 4.35. The minimum Gasteiger partial charge on any atom is -0.393 e. The molecule has 2 fully saturated rings. The maximum absolute atomic E-state index is 9.26. The van der Waals surface area contributed by atoms with Crippen molar-refractivity contribution in [2.24, 2.45) is 0 Å². The molecule has 0 aliphatic carbocycles. The number of hydrogen-bond donors (Lipinski definition) is 3. The van der Waals surface area contributed by atoms with Gasteiger partial charge < -0.3 is 14.9 Å². The molecule has 76 valence electrons. The predicted molar refractivity (Wildman–Crippen MR) is 52.0 cm³/mol. The van der Waals surface area contributed by atoms with Crippen LogP contribution in [0.4, 0.5) is 0 Å². The summed E-state index contributed by atoms with van der Waals surface area (Å²) < 4.78 is 5.79. The molecule has 2 aliphatic heterocycles. The van der Waals surface area contributed by atoms with Crippen molar-refractivity contribution >= 4 is 12.6 Å². The minimum absolute atomic E-state index is 0.0474. The summed E-state index contributed by atoms with van der Waals surface area (Å²) in [6.45, 7) is 0.0949. The quantitative estimate of drug-likeness (QED) is 0.569. The molecule has 3 nitrogen and oxygen atoms in total. The SMILES string of the molecule is OCC12CCC(CO)(CC(S)C1)O2. The molecule has 0 spiro atoms. The second-order valence-corrected chi connectivity index (χ2v) is 5.08. The molecule has 2 unspecified atom stereocenters. The summed E-state index contributed by atoms with van der Waals surface area (Å²) in [6.07, 6.45) is 3.30. The van der Waals surface area contributed by atoms with E-state index in [-0.39, 0.29) is 18.5 Å². The maximum atomic E-state index is 9.26. The Labute approximate surface area is 83.5 Å². The standard InChI is InChI=1S/C9H16O3S/c10-5-8-1-2-9(6-11,12-8)4-7(13)3-8/h7,10-11,13H,1-6H2. The Hall–Kier alpha value is 0.230. The van der Waals surface area contributed by atoms with Gasteiger partial charge in [-0.2, -0.15) is 12.6 Å². The predicted octanol–water partition coefficient (Wildman–Crippen LogP) is 0.351. The van der Waals surface area contributed by atoms with Crippen LogP contribution >= 0.6 is 12.6 Å². The van der Waals surface area contributed by atoms with Crippen molar-refractivity contribution in [1.82, 2.24) is 0 Å². The third-order valence-corrected chi connectivity index (χ3v) is 3.63. The third-order valence-electron chi connectivity index (χ3n) is 3.26. The molecule has 13 heavy (non-hydrogen) atoms. The molecule has 0 aromatic carbocycles. The van der Waals surface area contributed by atoms with Crippen molar-refractivity contribution in [3.05, 3.63) is 0 Å². The molecule has 2 saturated heterocycles. The first kappa shape index (κ1) is 9.77. The highest BCUT2D eigenvalue weighted by Crippen LogP contribution is 2.48. The lowest BCUT2D eigenvalue weighted by Crippen LogP contribution is -2.48. The summed E-state index contributed by atoms with van der Waals surface area (Å²) in [7, 11) is 0. The van der Waals surface area contributed by atoms with Gasteiger partial charge in [0.05, 0.1) is 24.4 Å². The summed E-state index contributed by atoms with van der Waals surface area (Å²) >= 11 is 4.43. The topological polar surface area (TPSA) is 49.7 Å². The highest BCUT2D eigenvalue weighted by molar-refractivity contribution is 7.80. The van der Waals surface area contributed by atoms with Gasteiger partial charge in [0.2, 0.25) is 0 Å². The normalized spacial score (nSPS) is 49.6. The molecule has 4 heteroatoms. The Bertz CT molecular complexity index is 191. The Morgan fingerprint density at radius 1 is 1.15 bits per heavy atom. The summed E-state index contributed by atoms with van der Waals surface area (Å²) in [5.74, 6) is 0. The van der Waals surface area contributed by atoms with E-state index < -0.39 is 11.2 Å². The molecule has 2 bridgehead atoms. The molecular weight excluding hydrogens is 188 g/mol. The van der Waals surface area contributed by atoms with E-state index in [0.29, 0.717) is 0 Å². The zero-order valence-electron chi connectivity index (χ0n) is 7.57. The van der Waals surface area contributed by atoms with E-state index in [9.17, 15) is 10.2 Å². The molecule has 0 aromatic heterocycles. The number of aliphatic hydroxyl groups excluding tert-OH is 2. The van der Waals surface area contributed by atoms with Gasteiger partial charge in [-0.1, -0.05) is 0 Å². The first-order valence-electron chi connectivity index (χ1n) is 4.74. The zero-order valence-corrected chi connectivity index (χ0v) is 8.46. The summed E-state index contributed by atoms with van der Waals surface area (Å²) in [5.41, 5.74) is -0.819. The van der Waals surface area contributed by atoms with E-state index in [1.54, 1.807) is 0 Å². The Morgan fingerprint density at radius 2 is 1.62 bits per heavy atom. The monoisotopic (exact) mass is 204 g/mol. The Balaban J connectivity index is 2.20. The average Bonchev–Trinajstić information content (AvgIpc) is 2.41. The lowest BCUT2D eigenvalue weighted by atomic mass is 9.93. The number of hydrogen-bond acceptors (Lipinski definition) is 4. The molecule has 2 rings (SSSR count). The number of thiol groups is 1. The van der Waals surface area contributed by atoms with Crippen LogP contribution in [0.15, 0.2) is 0 Å². The fraction of sp³-hybridized carbons (Fsp3) is 1.00. The maximum Gasteiger partial charge on any atom is 0.0932 e. The van der Waals surface area contributed by atoms with E-state index >= 15 is 0 Å². The Morgan fingerprint density at radius 3 is 2.00 bits per heavy atom. The van der Waals surface area contributed by atoms with Crippen LogP contribution in [0.5, 0.6) is 0 Å². The highest BCUT2D eigenvalue weighted by atomic mass is 32.1. The van der Waals surface area contributed by atoms with Gasteiger partial charge in [0.15, 0.2) is 0 Å². The van der Waals surface area contributed by atoms with Gasteiger partial charge in [0, 0.05) is 5.25 Å². The Kier molecular flexibility index (Phi) is 2.35. The first-order chi connectivity index (χ1) is 6.14. The van der Waals surface area contributed by atoms with Crippen molar-refractivity contribution in [1.29, 1.82) is 0 Å². The fourth-order valence-corrected chi connectivity index (χ4v) is 3.25. The van der Waals surface area contributed by atoms with E-state index in [0.717, 1.165) is 25.7 Å². The van der Waals surface area contributed by atoms with E-state index in [2.05, 4.69) is 12.6 Å². The van der Waals surface area contributed by atoms with Gasteiger partial charge >= 0.3 is 0 Å². The van der Waals surface area contributed by atoms with E-state index in [1.807, 2.05) is 0 Å². The zero-order chi connectivity index (χ0) is 9.53. The molecule has 2 heterocycles. The van der Waals surface area contributed by atoms with Crippen LogP contribution in [0.1, 0.15) is 25.7 Å². The molecule has 2 N–H and O–H groups in total. The smallest absolute Gasteiger partial charge is 0.0932 e. The molecule has 0 amide bonds. The number of aliphatic hydroxyl groups is 2. The second kappa shape index (κ2) is 3.12. The van der Waals surface area contributed by atoms with Crippen molar-refractivity contribution < 1.29 is 14.9 Å². The van der Waals surface area contributed by atoms with Gasteiger partial charge in [-0.25, -0.2) is 0 Å². The van der Waals surface area contributed by atoms with Gasteiger partial charge in [0.1, 0.15) is 0 Å². The molecular formula is C9H16O3S. The van der Waals surface area contributed by atoms with Crippen molar-refractivity contribution in [3.63, 3.8) is 0 Å². The van der Waals surface area contributed by atoms with E-state index in [4.69, 9.17) is 4.74 Å². The molecule has 0 aromatic rings. The van der Waals surface area contributed by atoms with Gasteiger partial charge in [-0.3, -0.25) is 0 Å². The van der Waals surface area contributed by atoms with Crippen LogP contribution in [0, 0.1) is 0 Å². The van der Waals surface area contributed by atoms with Crippen LogP contribution in [0.2, 0.25) is 0 Å². The minimum atomic E-state index is -0.409. The van der Waals surface area contributed by atoms with Crippen LogP contribution in [-0.2, 0) is 4.74 Å². The average molecular weight is 204 g/mol. The number of ether oxygens (including phenoxy) is 1. The number of fused-ring (bicyclic) bond motifs is 2. The van der Waals surface area contributed by atoms with Crippen molar-refractivity contribution in [2.75, 3.05) is 13.2 Å². The molecule has 0 radical (unpaired) electrons. The largest absolute Gasteiger partial charge is 0.393 e. The third kappa shape index (κ3) is 1.50. The lowest BCUT2D eigenvalue weighted by molar-refractivity contribution is -0.169. The lowest BCUT2D eigenvalue weighted by Gasteiger charge is -2.41. The highest BCUT2D eigenvalue weighted by Gasteiger charge is 2.53. The van der Waals surface area contributed by atoms with Crippen molar-refractivity contribution in [2.45, 2.75) is 42.1 Å². The summed E-state index contributed by atoms with van der Waals surface area (Å²) in [6, 6.07) is 0. The first-order valence-corrected chi connectivity index (χ1v) is 5.25. The summed E-state index contributed by atoms with van der Waals surface area (Å²) in [4.78, 5) is 0. The van der Waals surface area contributed by atoms with Crippen LogP contribution in [0.25, 0.3) is 0 Å². The molecule has 0 saturated carbocycles. The van der Waals surface area contributed by atoms with Gasteiger partial charge in [-0.15, -0.1) is 0 Å². The molecule has 2 atom stereocenters. The van der Waals surface area contributed by atoms with Crippen molar-refractivity contribution in [3.8, 4) is 0 Å². The van der Waals surface area contributed by atoms with Crippen LogP contribution < -0.4 is 0 Å².